The molecule has 0 aliphatic carbocycles. The molecule has 1 rings (SSSR count). The average molecular weight is 307 g/mol. The van der Waals surface area contributed by atoms with E-state index in [-0.39, 0.29) is 12.1 Å². The van der Waals surface area contributed by atoms with E-state index >= 15 is 0 Å². The first-order chi connectivity index (χ1) is 10.4. The number of hydrogen-bond acceptors (Lipinski definition) is 3. The van der Waals surface area contributed by atoms with Gasteiger partial charge in [0.2, 0.25) is 6.41 Å². The molecule has 1 aromatic carbocycles. The van der Waals surface area contributed by atoms with Gasteiger partial charge in [-0.25, -0.2) is 4.79 Å². The van der Waals surface area contributed by atoms with Gasteiger partial charge in [-0.15, -0.1) is 0 Å². The Kier molecular flexibility index (Phi) is 7.22. The second-order valence-corrected chi connectivity index (χ2v) is 5.52. The Morgan fingerprint density at radius 3 is 2.68 bits per heavy atom. The van der Waals surface area contributed by atoms with Crippen LogP contribution in [0, 0.1) is 0 Å². The summed E-state index contributed by atoms with van der Waals surface area (Å²) in [5.74, 6) is 0.791. The van der Waals surface area contributed by atoms with E-state index in [1.807, 2.05) is 38.1 Å². The molecule has 3 amide bonds. The molecule has 122 valence electrons. The van der Waals surface area contributed by atoms with Crippen LogP contribution in [0.2, 0.25) is 0 Å². The fourth-order valence-corrected chi connectivity index (χ4v) is 1.86. The number of urea groups is 1. The van der Waals surface area contributed by atoms with E-state index in [9.17, 15) is 9.59 Å². The van der Waals surface area contributed by atoms with Crippen molar-refractivity contribution in [2.24, 2.45) is 0 Å². The number of rotatable bonds is 8. The maximum atomic E-state index is 11.4. The van der Waals surface area contributed by atoms with E-state index in [4.69, 9.17) is 4.74 Å². The molecule has 1 aromatic rings. The highest BCUT2D eigenvalue weighted by Gasteiger charge is 2.07. The molecule has 0 saturated carbocycles. The Labute approximate surface area is 132 Å². The average Bonchev–Trinajstić information content (AvgIpc) is 2.45. The Balaban J connectivity index is 2.51. The zero-order valence-corrected chi connectivity index (χ0v) is 13.7. The predicted octanol–water partition coefficient (Wildman–Crippen LogP) is 1.70. The van der Waals surface area contributed by atoms with Gasteiger partial charge in [-0.1, -0.05) is 12.1 Å². The summed E-state index contributed by atoms with van der Waals surface area (Å²) in [5.41, 5.74) is 0.990. The maximum Gasteiger partial charge on any atom is 0.316 e. The predicted molar refractivity (Wildman–Crippen MR) is 85.8 cm³/mol. The topological polar surface area (TPSA) is 61.9 Å². The summed E-state index contributed by atoms with van der Waals surface area (Å²) in [6, 6.07) is 7.51. The normalized spacial score (nSPS) is 10.2. The smallest absolute Gasteiger partial charge is 0.316 e. The van der Waals surface area contributed by atoms with E-state index in [0.717, 1.165) is 17.7 Å². The van der Waals surface area contributed by atoms with Crippen LogP contribution in [-0.2, 0) is 11.3 Å². The van der Waals surface area contributed by atoms with Crippen molar-refractivity contribution in [1.82, 2.24) is 15.1 Å². The van der Waals surface area contributed by atoms with Crippen LogP contribution in [0.25, 0.3) is 0 Å². The number of carbonyl (C=O) groups is 2. The third-order valence-electron chi connectivity index (χ3n) is 2.89. The van der Waals surface area contributed by atoms with E-state index in [1.54, 1.807) is 19.0 Å². The molecule has 0 saturated heterocycles. The van der Waals surface area contributed by atoms with Crippen LogP contribution in [0.15, 0.2) is 24.3 Å². The van der Waals surface area contributed by atoms with Crippen LogP contribution >= 0.6 is 0 Å². The van der Waals surface area contributed by atoms with Gasteiger partial charge in [0.05, 0.1) is 6.10 Å². The van der Waals surface area contributed by atoms with Crippen molar-refractivity contribution in [3.05, 3.63) is 29.8 Å². The zero-order chi connectivity index (χ0) is 16.5. The highest BCUT2D eigenvalue weighted by atomic mass is 16.5. The van der Waals surface area contributed by atoms with Crippen molar-refractivity contribution < 1.29 is 14.3 Å². The summed E-state index contributed by atoms with van der Waals surface area (Å²) in [6.07, 6.45) is 0.899. The van der Waals surface area contributed by atoms with Crippen LogP contribution in [-0.4, -0.2) is 55.5 Å². The number of nitrogens with one attached hydrogen (secondary N) is 1. The fourth-order valence-electron chi connectivity index (χ4n) is 1.86. The van der Waals surface area contributed by atoms with Crippen molar-refractivity contribution in [2.75, 3.05) is 27.2 Å². The van der Waals surface area contributed by atoms with Crippen molar-refractivity contribution in [2.45, 2.75) is 26.5 Å². The summed E-state index contributed by atoms with van der Waals surface area (Å²) >= 11 is 0. The minimum absolute atomic E-state index is 0.110. The van der Waals surface area contributed by atoms with Gasteiger partial charge < -0.3 is 19.9 Å². The van der Waals surface area contributed by atoms with Crippen LogP contribution < -0.4 is 10.1 Å². The van der Waals surface area contributed by atoms with Gasteiger partial charge in [-0.05, 0) is 31.5 Å². The summed E-state index contributed by atoms with van der Waals surface area (Å²) in [4.78, 5) is 25.6. The number of amides is 3. The molecular formula is C16H25N3O3. The molecular weight excluding hydrogens is 282 g/mol. The van der Waals surface area contributed by atoms with E-state index in [2.05, 4.69) is 5.32 Å². The SMILES string of the molecule is CC(C)Oc1cccc(CN(C=O)CCNC(=O)N(C)C)c1. The lowest BCUT2D eigenvalue weighted by Gasteiger charge is -2.19. The monoisotopic (exact) mass is 307 g/mol. The molecule has 0 spiro atoms. The number of nitrogens with zero attached hydrogens (tertiary/aromatic N) is 2. The molecule has 0 unspecified atom stereocenters. The first-order valence-electron chi connectivity index (χ1n) is 7.32. The first-order valence-corrected chi connectivity index (χ1v) is 7.32. The maximum absolute atomic E-state index is 11.4. The third kappa shape index (κ3) is 6.47. The molecule has 0 aromatic heterocycles. The Hall–Kier alpha value is -2.24. The highest BCUT2D eigenvalue weighted by molar-refractivity contribution is 5.73. The van der Waals surface area contributed by atoms with E-state index < -0.39 is 0 Å². The van der Waals surface area contributed by atoms with Crippen molar-refractivity contribution in [3.63, 3.8) is 0 Å². The molecule has 0 atom stereocenters. The first kappa shape index (κ1) is 17.8. The number of carbonyl (C=O) groups excluding carboxylic acids is 2. The lowest BCUT2D eigenvalue weighted by Crippen LogP contribution is -2.39. The largest absolute Gasteiger partial charge is 0.491 e. The number of ether oxygens (including phenoxy) is 1. The second-order valence-electron chi connectivity index (χ2n) is 5.52. The Bertz CT molecular complexity index is 489. The molecule has 6 nitrogen and oxygen atoms in total. The molecule has 0 aliphatic heterocycles. The molecule has 22 heavy (non-hydrogen) atoms. The van der Waals surface area contributed by atoms with Crippen LogP contribution in [0.4, 0.5) is 4.79 Å². The molecule has 0 fully saturated rings. The molecule has 0 radical (unpaired) electrons. The number of benzene rings is 1. The van der Waals surface area contributed by atoms with Crippen LogP contribution in [0.3, 0.4) is 0 Å². The molecule has 1 N–H and O–H groups in total. The number of hydrogen-bond donors (Lipinski definition) is 1. The van der Waals surface area contributed by atoms with Crippen molar-refractivity contribution in [3.8, 4) is 5.75 Å². The lowest BCUT2D eigenvalue weighted by atomic mass is 10.2. The van der Waals surface area contributed by atoms with Gasteiger partial charge in [0, 0.05) is 33.7 Å². The Morgan fingerprint density at radius 1 is 1.36 bits per heavy atom. The molecule has 6 heteroatoms. The fraction of sp³-hybridized carbons (Fsp3) is 0.500. The summed E-state index contributed by atoms with van der Waals surface area (Å²) in [6.45, 7) is 5.29. The minimum atomic E-state index is -0.168. The third-order valence-corrected chi connectivity index (χ3v) is 2.89. The molecule has 0 heterocycles. The zero-order valence-electron chi connectivity index (χ0n) is 13.7. The van der Waals surface area contributed by atoms with Crippen molar-refractivity contribution >= 4 is 12.4 Å². The molecule has 0 bridgehead atoms. The van der Waals surface area contributed by atoms with Crippen LogP contribution in [0.5, 0.6) is 5.75 Å². The standard InChI is InChI=1S/C16H25N3O3/c1-13(2)22-15-7-5-6-14(10-15)11-19(12-20)9-8-17-16(21)18(3)4/h5-7,10,12-13H,8-9,11H2,1-4H3,(H,17,21). The summed E-state index contributed by atoms with van der Waals surface area (Å²) < 4.78 is 5.64. The minimum Gasteiger partial charge on any atom is -0.491 e. The highest BCUT2D eigenvalue weighted by Crippen LogP contribution is 2.15. The van der Waals surface area contributed by atoms with Gasteiger partial charge in [-0.2, -0.15) is 0 Å². The Morgan fingerprint density at radius 2 is 2.09 bits per heavy atom. The van der Waals surface area contributed by atoms with Crippen LogP contribution in [0.1, 0.15) is 19.4 Å². The lowest BCUT2D eigenvalue weighted by molar-refractivity contribution is -0.118. The van der Waals surface area contributed by atoms with Gasteiger partial charge in [0.15, 0.2) is 0 Å². The molecule has 0 aliphatic rings. The van der Waals surface area contributed by atoms with E-state index in [1.165, 1.54) is 4.90 Å². The van der Waals surface area contributed by atoms with E-state index in [0.29, 0.717) is 19.6 Å². The summed E-state index contributed by atoms with van der Waals surface area (Å²) in [5, 5.41) is 2.73. The van der Waals surface area contributed by atoms with Gasteiger partial charge in [0.25, 0.3) is 0 Å². The van der Waals surface area contributed by atoms with Gasteiger partial charge >= 0.3 is 6.03 Å². The van der Waals surface area contributed by atoms with Gasteiger partial charge in [-0.3, -0.25) is 4.79 Å². The second kappa shape index (κ2) is 8.92. The van der Waals surface area contributed by atoms with Crippen molar-refractivity contribution in [1.29, 1.82) is 0 Å². The summed E-state index contributed by atoms with van der Waals surface area (Å²) in [7, 11) is 3.35. The van der Waals surface area contributed by atoms with Gasteiger partial charge in [0.1, 0.15) is 5.75 Å². The quantitative estimate of drug-likeness (QED) is 0.744.